The molecular weight excluding hydrogens is 272 g/mol. The Hall–Kier alpha value is -2.41. The minimum Gasteiger partial charge on any atom is -0.467 e. The molecule has 1 heterocycles. The summed E-state index contributed by atoms with van der Waals surface area (Å²) in [4.78, 5) is 12.3. The maximum absolute atomic E-state index is 5.66. The third kappa shape index (κ3) is 4.28. The Bertz CT molecular complexity index is 592. The zero-order valence-electron chi connectivity index (χ0n) is 12.3. The fraction of sp³-hybridized carbons (Fsp3) is 0.357. The fourth-order valence-corrected chi connectivity index (χ4v) is 1.68. The summed E-state index contributed by atoms with van der Waals surface area (Å²) in [6, 6.07) is 7.90. The van der Waals surface area contributed by atoms with E-state index in [4.69, 9.17) is 14.2 Å². The van der Waals surface area contributed by atoms with Gasteiger partial charge in [-0.1, -0.05) is 12.1 Å². The normalized spacial score (nSPS) is 10.2. The van der Waals surface area contributed by atoms with Gasteiger partial charge in [0.2, 0.25) is 5.95 Å². The van der Waals surface area contributed by atoms with Crippen molar-refractivity contribution in [1.29, 1.82) is 0 Å². The third-order valence-electron chi connectivity index (χ3n) is 2.53. The molecule has 21 heavy (non-hydrogen) atoms. The minimum atomic E-state index is 0.173. The van der Waals surface area contributed by atoms with Gasteiger partial charge in [-0.25, -0.2) is 0 Å². The molecule has 7 heteroatoms. The van der Waals surface area contributed by atoms with E-state index < -0.39 is 0 Å². The summed E-state index contributed by atoms with van der Waals surface area (Å²) in [5.74, 6) is 1.03. The van der Waals surface area contributed by atoms with Gasteiger partial charge in [0.1, 0.15) is 5.75 Å². The molecule has 0 aliphatic rings. The van der Waals surface area contributed by atoms with Crippen LogP contribution < -0.4 is 14.8 Å². The summed E-state index contributed by atoms with van der Waals surface area (Å²) in [7, 11) is 3.14. The second-order valence-electron chi connectivity index (χ2n) is 4.14. The highest BCUT2D eigenvalue weighted by molar-refractivity contribution is 5.32. The maximum atomic E-state index is 5.66. The van der Waals surface area contributed by atoms with E-state index in [2.05, 4.69) is 20.3 Å². The van der Waals surface area contributed by atoms with Gasteiger partial charge in [0.15, 0.2) is 0 Å². The first-order valence-corrected chi connectivity index (χ1v) is 6.54. The Morgan fingerprint density at radius 1 is 1.10 bits per heavy atom. The van der Waals surface area contributed by atoms with Crippen LogP contribution in [0.3, 0.4) is 0 Å². The summed E-state index contributed by atoms with van der Waals surface area (Å²) in [6.07, 6.45) is 0. The largest absolute Gasteiger partial charge is 0.467 e. The van der Waals surface area contributed by atoms with Crippen LogP contribution in [0.2, 0.25) is 0 Å². The second kappa shape index (κ2) is 7.39. The van der Waals surface area contributed by atoms with E-state index in [0.29, 0.717) is 24.8 Å². The molecule has 1 aromatic carbocycles. The van der Waals surface area contributed by atoms with Gasteiger partial charge in [0.25, 0.3) is 0 Å². The Morgan fingerprint density at radius 2 is 1.90 bits per heavy atom. The van der Waals surface area contributed by atoms with Gasteiger partial charge in [-0.05, 0) is 24.6 Å². The standard InChI is InChI=1S/C14H18N4O3/c1-4-15-12-16-13(20-3)18-14(17-12)21-11-7-5-6-10(8-11)9-19-2/h5-8H,4,9H2,1-3H3,(H,15,16,17,18). The number of nitrogens with one attached hydrogen (secondary N) is 1. The SMILES string of the molecule is CCNc1nc(OC)nc(Oc2cccc(COC)c2)n1. The van der Waals surface area contributed by atoms with Crippen LogP contribution in [0.15, 0.2) is 24.3 Å². The zero-order chi connectivity index (χ0) is 15.1. The first kappa shape index (κ1) is 15.0. The lowest BCUT2D eigenvalue weighted by Crippen LogP contribution is -2.06. The van der Waals surface area contributed by atoms with Crippen LogP contribution in [0.25, 0.3) is 0 Å². The predicted molar refractivity (Wildman–Crippen MR) is 77.8 cm³/mol. The number of ether oxygens (including phenoxy) is 3. The van der Waals surface area contributed by atoms with Crippen molar-refractivity contribution in [3.05, 3.63) is 29.8 Å². The van der Waals surface area contributed by atoms with Gasteiger partial charge in [-0.3, -0.25) is 0 Å². The monoisotopic (exact) mass is 290 g/mol. The van der Waals surface area contributed by atoms with E-state index in [1.54, 1.807) is 7.11 Å². The molecule has 0 saturated carbocycles. The molecule has 0 fully saturated rings. The smallest absolute Gasteiger partial charge is 0.330 e. The molecule has 0 amide bonds. The molecule has 0 atom stereocenters. The lowest BCUT2D eigenvalue weighted by atomic mass is 10.2. The molecule has 112 valence electrons. The van der Waals surface area contributed by atoms with Crippen LogP contribution in [0.1, 0.15) is 12.5 Å². The molecular formula is C14H18N4O3. The van der Waals surface area contributed by atoms with Crippen molar-refractivity contribution in [2.75, 3.05) is 26.1 Å². The molecule has 0 aliphatic heterocycles. The fourth-order valence-electron chi connectivity index (χ4n) is 1.68. The van der Waals surface area contributed by atoms with Crippen molar-refractivity contribution in [2.24, 2.45) is 0 Å². The van der Waals surface area contributed by atoms with Crippen molar-refractivity contribution in [2.45, 2.75) is 13.5 Å². The summed E-state index contributed by atoms with van der Waals surface area (Å²) in [5, 5.41) is 3.00. The second-order valence-corrected chi connectivity index (χ2v) is 4.14. The van der Waals surface area contributed by atoms with Crippen LogP contribution in [0, 0.1) is 0 Å². The molecule has 0 spiro atoms. The molecule has 2 aromatic rings. The number of benzene rings is 1. The van der Waals surface area contributed by atoms with E-state index in [1.807, 2.05) is 31.2 Å². The summed E-state index contributed by atoms with van der Waals surface area (Å²) < 4.78 is 15.8. The third-order valence-corrected chi connectivity index (χ3v) is 2.53. The topological polar surface area (TPSA) is 78.4 Å². The molecule has 0 unspecified atom stereocenters. The van der Waals surface area contributed by atoms with Crippen LogP contribution in [-0.2, 0) is 11.3 Å². The van der Waals surface area contributed by atoms with E-state index in [-0.39, 0.29) is 12.0 Å². The predicted octanol–water partition coefficient (Wildman–Crippen LogP) is 2.25. The number of nitrogens with zero attached hydrogens (tertiary/aromatic N) is 3. The highest BCUT2D eigenvalue weighted by atomic mass is 16.5. The minimum absolute atomic E-state index is 0.173. The van der Waals surface area contributed by atoms with Crippen molar-refractivity contribution in [3.8, 4) is 17.8 Å². The van der Waals surface area contributed by atoms with Crippen LogP contribution in [0.4, 0.5) is 5.95 Å². The van der Waals surface area contributed by atoms with E-state index in [0.717, 1.165) is 5.56 Å². The highest BCUT2D eigenvalue weighted by Gasteiger charge is 2.08. The number of methoxy groups -OCH3 is 2. The number of rotatable bonds is 7. The average Bonchev–Trinajstić information content (AvgIpc) is 2.48. The Labute approximate surface area is 123 Å². The van der Waals surface area contributed by atoms with Gasteiger partial charge in [0, 0.05) is 13.7 Å². The molecule has 0 saturated heterocycles. The van der Waals surface area contributed by atoms with Gasteiger partial charge < -0.3 is 19.5 Å². The molecule has 1 aromatic heterocycles. The molecule has 7 nitrogen and oxygen atoms in total. The van der Waals surface area contributed by atoms with Gasteiger partial charge in [0.05, 0.1) is 13.7 Å². The number of aromatic nitrogens is 3. The Balaban J connectivity index is 2.21. The lowest BCUT2D eigenvalue weighted by Gasteiger charge is -2.08. The van der Waals surface area contributed by atoms with E-state index >= 15 is 0 Å². The number of hydrogen-bond donors (Lipinski definition) is 1. The van der Waals surface area contributed by atoms with Gasteiger partial charge >= 0.3 is 12.0 Å². The molecule has 1 N–H and O–H groups in total. The average molecular weight is 290 g/mol. The highest BCUT2D eigenvalue weighted by Crippen LogP contribution is 2.21. The van der Waals surface area contributed by atoms with E-state index in [1.165, 1.54) is 7.11 Å². The Morgan fingerprint density at radius 3 is 2.62 bits per heavy atom. The van der Waals surface area contributed by atoms with Crippen LogP contribution in [0.5, 0.6) is 17.8 Å². The molecule has 0 radical (unpaired) electrons. The van der Waals surface area contributed by atoms with Gasteiger partial charge in [-0.15, -0.1) is 4.98 Å². The quantitative estimate of drug-likeness (QED) is 0.837. The summed E-state index contributed by atoms with van der Waals surface area (Å²) in [5.41, 5.74) is 1.00. The van der Waals surface area contributed by atoms with E-state index in [9.17, 15) is 0 Å². The molecule has 0 bridgehead atoms. The molecule has 2 rings (SSSR count). The van der Waals surface area contributed by atoms with Crippen molar-refractivity contribution < 1.29 is 14.2 Å². The first-order chi connectivity index (χ1) is 10.2. The van der Waals surface area contributed by atoms with Crippen LogP contribution >= 0.6 is 0 Å². The Kier molecular flexibility index (Phi) is 5.28. The number of anilines is 1. The van der Waals surface area contributed by atoms with Crippen LogP contribution in [-0.4, -0.2) is 35.7 Å². The summed E-state index contributed by atoms with van der Waals surface area (Å²) >= 11 is 0. The first-order valence-electron chi connectivity index (χ1n) is 6.54. The van der Waals surface area contributed by atoms with Crippen molar-refractivity contribution in [3.63, 3.8) is 0 Å². The number of hydrogen-bond acceptors (Lipinski definition) is 7. The lowest BCUT2D eigenvalue weighted by molar-refractivity contribution is 0.184. The van der Waals surface area contributed by atoms with Crippen molar-refractivity contribution >= 4 is 5.95 Å². The molecule has 0 aliphatic carbocycles. The zero-order valence-corrected chi connectivity index (χ0v) is 12.3. The van der Waals surface area contributed by atoms with Crippen molar-refractivity contribution in [1.82, 2.24) is 15.0 Å². The summed E-state index contributed by atoms with van der Waals surface area (Å²) in [6.45, 7) is 3.15. The van der Waals surface area contributed by atoms with Gasteiger partial charge in [-0.2, -0.15) is 9.97 Å². The maximum Gasteiger partial charge on any atom is 0.330 e.